The van der Waals surface area contributed by atoms with Gasteiger partial charge in [0.05, 0.1) is 7.11 Å². The van der Waals surface area contributed by atoms with Crippen molar-refractivity contribution in [3.8, 4) is 0 Å². The van der Waals surface area contributed by atoms with E-state index in [1.165, 1.54) is 7.11 Å². The summed E-state index contributed by atoms with van der Waals surface area (Å²) in [6.07, 6.45) is 0. The summed E-state index contributed by atoms with van der Waals surface area (Å²) in [7, 11) is 1.37. The molecule has 0 amide bonds. The van der Waals surface area contributed by atoms with Crippen molar-refractivity contribution in [2.75, 3.05) is 17.9 Å². The van der Waals surface area contributed by atoms with Crippen LogP contribution in [0.25, 0.3) is 0 Å². The van der Waals surface area contributed by atoms with Crippen molar-refractivity contribution in [3.05, 3.63) is 11.4 Å². The highest BCUT2D eigenvalue weighted by Gasteiger charge is 2.25. The molecule has 0 aliphatic heterocycles. The third-order valence-electron chi connectivity index (χ3n) is 3.23. The molecule has 1 rings (SSSR count). The Labute approximate surface area is 125 Å². The molecule has 1 heterocycles. The molecule has 0 bridgehead atoms. The van der Waals surface area contributed by atoms with Gasteiger partial charge in [-0.25, -0.2) is 20.6 Å². The number of hydrogen-bond donors (Lipinski definition) is 3. The number of nitrogens with two attached hydrogens (primary N) is 1. The first kappa shape index (κ1) is 17.2. The van der Waals surface area contributed by atoms with Gasteiger partial charge in [-0.2, -0.15) is 0 Å². The molecule has 7 heteroatoms. The number of nitrogens with zero attached hydrogens (tertiary/aromatic N) is 2. The van der Waals surface area contributed by atoms with Crippen molar-refractivity contribution < 1.29 is 9.53 Å². The number of hydrogen-bond acceptors (Lipinski definition) is 7. The maximum absolute atomic E-state index is 11.9. The van der Waals surface area contributed by atoms with Gasteiger partial charge in [0.2, 0.25) is 0 Å². The van der Waals surface area contributed by atoms with Crippen LogP contribution in [0, 0.1) is 12.8 Å². The molecule has 0 fully saturated rings. The number of hydrazine groups is 1. The molecule has 0 aliphatic rings. The maximum atomic E-state index is 11.9. The summed E-state index contributed by atoms with van der Waals surface area (Å²) in [6, 6.07) is -0.478. The molecule has 0 spiro atoms. The summed E-state index contributed by atoms with van der Waals surface area (Å²) < 4.78 is 4.83. The molecule has 0 aromatic carbocycles. The summed E-state index contributed by atoms with van der Waals surface area (Å²) in [5, 5.41) is 3.15. The van der Waals surface area contributed by atoms with Gasteiger partial charge in [-0.1, -0.05) is 27.7 Å². The molecule has 7 nitrogen and oxygen atoms in total. The number of rotatable bonds is 6. The summed E-state index contributed by atoms with van der Waals surface area (Å²) >= 11 is 0. The second-order valence-corrected chi connectivity index (χ2v) is 5.59. The SMILES string of the molecule is COC(=O)C(Nc1nc(C(C)C)nc(NN)c1C)C(C)C. The second kappa shape index (κ2) is 7.21. The smallest absolute Gasteiger partial charge is 0.328 e. The minimum atomic E-state index is -0.478. The lowest BCUT2D eigenvalue weighted by atomic mass is 10.0. The largest absolute Gasteiger partial charge is 0.467 e. The lowest BCUT2D eigenvalue weighted by Gasteiger charge is -2.22. The number of aromatic nitrogens is 2. The van der Waals surface area contributed by atoms with Crippen LogP contribution in [0.3, 0.4) is 0 Å². The summed E-state index contributed by atoms with van der Waals surface area (Å²) in [5.74, 6) is 7.18. The Morgan fingerprint density at radius 2 is 1.76 bits per heavy atom. The lowest BCUT2D eigenvalue weighted by molar-refractivity contribution is -0.142. The first-order valence-corrected chi connectivity index (χ1v) is 7.01. The quantitative estimate of drug-likeness (QED) is 0.418. The van der Waals surface area contributed by atoms with E-state index in [1.54, 1.807) is 0 Å². The van der Waals surface area contributed by atoms with Gasteiger partial charge in [0.1, 0.15) is 23.5 Å². The number of anilines is 2. The van der Waals surface area contributed by atoms with E-state index in [-0.39, 0.29) is 17.8 Å². The van der Waals surface area contributed by atoms with Crippen LogP contribution >= 0.6 is 0 Å². The van der Waals surface area contributed by atoms with Crippen LogP contribution in [0.2, 0.25) is 0 Å². The standard InChI is InChI=1S/C14H25N5O2/c1-7(2)10(14(20)21-6)16-12-9(5)13(19-15)18-11(17-12)8(3)4/h7-8,10H,15H2,1-6H3,(H2,16,17,18,19). The number of nitrogens with one attached hydrogen (secondary N) is 2. The Morgan fingerprint density at radius 1 is 1.19 bits per heavy atom. The Bertz CT molecular complexity index is 502. The third-order valence-corrected chi connectivity index (χ3v) is 3.23. The topological polar surface area (TPSA) is 102 Å². The van der Waals surface area contributed by atoms with Crippen LogP contribution in [-0.4, -0.2) is 29.1 Å². The second-order valence-electron chi connectivity index (χ2n) is 5.59. The van der Waals surface area contributed by atoms with E-state index in [0.29, 0.717) is 17.5 Å². The third kappa shape index (κ3) is 4.04. The molecule has 0 saturated heterocycles. The molecule has 0 aliphatic carbocycles. The highest BCUT2D eigenvalue weighted by atomic mass is 16.5. The molecule has 1 unspecified atom stereocenters. The van der Waals surface area contributed by atoms with Crippen LogP contribution < -0.4 is 16.6 Å². The van der Waals surface area contributed by atoms with Gasteiger partial charge in [-0.05, 0) is 12.8 Å². The first-order chi connectivity index (χ1) is 9.81. The monoisotopic (exact) mass is 295 g/mol. The summed E-state index contributed by atoms with van der Waals surface area (Å²) in [5.41, 5.74) is 3.33. The molecule has 1 atom stereocenters. The van der Waals surface area contributed by atoms with Gasteiger partial charge in [0.25, 0.3) is 0 Å². The van der Waals surface area contributed by atoms with Crippen molar-refractivity contribution in [2.24, 2.45) is 11.8 Å². The molecule has 118 valence electrons. The average Bonchev–Trinajstić information content (AvgIpc) is 2.44. The van der Waals surface area contributed by atoms with E-state index in [4.69, 9.17) is 10.6 Å². The van der Waals surface area contributed by atoms with Gasteiger partial charge in [0.15, 0.2) is 0 Å². The fourth-order valence-corrected chi connectivity index (χ4v) is 1.85. The van der Waals surface area contributed by atoms with Gasteiger partial charge in [0, 0.05) is 11.5 Å². The molecule has 1 aromatic heterocycles. The number of methoxy groups -OCH3 is 1. The molecular weight excluding hydrogens is 270 g/mol. The van der Waals surface area contributed by atoms with Crippen LogP contribution in [0.1, 0.15) is 45.0 Å². The highest BCUT2D eigenvalue weighted by molar-refractivity contribution is 5.79. The number of esters is 1. The van der Waals surface area contributed by atoms with Crippen LogP contribution in [0.4, 0.5) is 11.6 Å². The van der Waals surface area contributed by atoms with Crippen molar-refractivity contribution in [2.45, 2.75) is 46.6 Å². The van der Waals surface area contributed by atoms with E-state index in [2.05, 4.69) is 20.7 Å². The van der Waals surface area contributed by atoms with Crippen LogP contribution in [0.15, 0.2) is 0 Å². The molecule has 0 radical (unpaired) electrons. The number of carbonyl (C=O) groups excluding carboxylic acids is 1. The zero-order valence-corrected chi connectivity index (χ0v) is 13.5. The first-order valence-electron chi connectivity index (χ1n) is 7.01. The fourth-order valence-electron chi connectivity index (χ4n) is 1.85. The Kier molecular flexibility index (Phi) is 5.90. The van der Waals surface area contributed by atoms with Crippen molar-refractivity contribution >= 4 is 17.6 Å². The Morgan fingerprint density at radius 3 is 2.19 bits per heavy atom. The van der Waals surface area contributed by atoms with Gasteiger partial charge < -0.3 is 15.5 Å². The average molecular weight is 295 g/mol. The fraction of sp³-hybridized carbons (Fsp3) is 0.643. The normalized spacial score (nSPS) is 12.4. The van der Waals surface area contributed by atoms with Crippen molar-refractivity contribution in [1.29, 1.82) is 0 Å². The van der Waals surface area contributed by atoms with Gasteiger partial charge in [-0.3, -0.25) is 0 Å². The van der Waals surface area contributed by atoms with E-state index < -0.39 is 6.04 Å². The zero-order valence-electron chi connectivity index (χ0n) is 13.5. The number of carbonyl (C=O) groups is 1. The summed E-state index contributed by atoms with van der Waals surface area (Å²) in [6.45, 7) is 9.72. The predicted octanol–water partition coefficient (Wildman–Crippen LogP) is 1.80. The van der Waals surface area contributed by atoms with E-state index in [9.17, 15) is 4.79 Å². The van der Waals surface area contributed by atoms with Crippen molar-refractivity contribution in [3.63, 3.8) is 0 Å². The molecular formula is C14H25N5O2. The van der Waals surface area contributed by atoms with Crippen LogP contribution in [-0.2, 0) is 9.53 Å². The summed E-state index contributed by atoms with van der Waals surface area (Å²) in [4.78, 5) is 20.7. The molecule has 21 heavy (non-hydrogen) atoms. The van der Waals surface area contributed by atoms with Gasteiger partial charge in [-0.15, -0.1) is 0 Å². The van der Waals surface area contributed by atoms with Crippen LogP contribution in [0.5, 0.6) is 0 Å². The highest BCUT2D eigenvalue weighted by Crippen LogP contribution is 2.24. The molecule has 0 saturated carbocycles. The van der Waals surface area contributed by atoms with E-state index in [0.717, 1.165) is 5.56 Å². The van der Waals surface area contributed by atoms with Crippen molar-refractivity contribution in [1.82, 2.24) is 9.97 Å². The Balaban J connectivity index is 3.21. The maximum Gasteiger partial charge on any atom is 0.328 e. The Hall–Kier alpha value is -1.89. The molecule has 1 aromatic rings. The number of ether oxygens (including phenoxy) is 1. The lowest BCUT2D eigenvalue weighted by Crippen LogP contribution is -2.36. The zero-order chi connectivity index (χ0) is 16.2. The minimum Gasteiger partial charge on any atom is -0.467 e. The minimum absolute atomic E-state index is 0.0589. The van der Waals surface area contributed by atoms with Gasteiger partial charge >= 0.3 is 5.97 Å². The van der Waals surface area contributed by atoms with E-state index in [1.807, 2.05) is 34.6 Å². The number of nitrogen functional groups attached to an aromatic ring is 1. The molecule has 4 N–H and O–H groups in total. The predicted molar refractivity (Wildman–Crippen MR) is 82.9 cm³/mol. The van der Waals surface area contributed by atoms with E-state index >= 15 is 0 Å².